The van der Waals surface area contributed by atoms with Crippen molar-refractivity contribution in [3.05, 3.63) is 64.7 Å². The van der Waals surface area contributed by atoms with Crippen LogP contribution in [0.2, 0.25) is 5.02 Å². The van der Waals surface area contributed by atoms with Crippen LogP contribution in [0.3, 0.4) is 0 Å². The van der Waals surface area contributed by atoms with Crippen LogP contribution < -0.4 is 10.1 Å². The monoisotopic (exact) mass is 414 g/mol. The second-order valence-corrected chi connectivity index (χ2v) is 8.33. The lowest BCUT2D eigenvalue weighted by molar-refractivity contribution is -0.142. The van der Waals surface area contributed by atoms with Gasteiger partial charge in [0, 0.05) is 24.7 Å². The average molecular weight is 415 g/mol. The van der Waals surface area contributed by atoms with Crippen molar-refractivity contribution in [3.63, 3.8) is 0 Å². The third-order valence-electron chi connectivity index (χ3n) is 5.35. The molecule has 1 unspecified atom stereocenters. The van der Waals surface area contributed by atoms with Gasteiger partial charge in [0.2, 0.25) is 5.91 Å². The first-order valence-corrected chi connectivity index (χ1v) is 10.2. The molecule has 6 heteroatoms. The summed E-state index contributed by atoms with van der Waals surface area (Å²) in [6.45, 7) is 5.44. The molecule has 1 aliphatic heterocycles. The van der Waals surface area contributed by atoms with E-state index in [-0.39, 0.29) is 18.4 Å². The molecule has 154 valence electrons. The van der Waals surface area contributed by atoms with E-state index >= 15 is 0 Å². The van der Waals surface area contributed by atoms with Crippen molar-refractivity contribution in [2.75, 3.05) is 19.7 Å². The number of amides is 2. The SMILES string of the molecule is Cc1ccc(CNC(=O)C2(C)CCCN(C(=O)COc3ccc(Cl)cc3)C2)cc1. The van der Waals surface area contributed by atoms with Gasteiger partial charge in [-0.2, -0.15) is 0 Å². The number of likely N-dealkylation sites (tertiary alicyclic amines) is 1. The van der Waals surface area contributed by atoms with Crippen molar-refractivity contribution in [2.24, 2.45) is 5.41 Å². The summed E-state index contributed by atoms with van der Waals surface area (Å²) >= 11 is 5.86. The molecule has 5 nitrogen and oxygen atoms in total. The normalized spacial score (nSPS) is 18.9. The predicted molar refractivity (Wildman–Crippen MR) is 114 cm³/mol. The minimum absolute atomic E-state index is 0.0193. The minimum Gasteiger partial charge on any atom is -0.484 e. The maximum Gasteiger partial charge on any atom is 0.260 e. The quantitative estimate of drug-likeness (QED) is 0.778. The Bertz CT molecular complexity index is 851. The number of rotatable bonds is 6. The van der Waals surface area contributed by atoms with Gasteiger partial charge in [0.15, 0.2) is 6.61 Å². The molecule has 0 aliphatic carbocycles. The first-order valence-electron chi connectivity index (χ1n) is 9.86. The van der Waals surface area contributed by atoms with Crippen LogP contribution in [0.15, 0.2) is 48.5 Å². The maximum absolute atomic E-state index is 12.8. The van der Waals surface area contributed by atoms with Crippen molar-refractivity contribution in [1.29, 1.82) is 0 Å². The Morgan fingerprint density at radius 2 is 1.83 bits per heavy atom. The zero-order valence-corrected chi connectivity index (χ0v) is 17.7. The molecule has 0 spiro atoms. The molecule has 29 heavy (non-hydrogen) atoms. The molecule has 1 heterocycles. The molecule has 0 bridgehead atoms. The third kappa shape index (κ3) is 5.73. The Kier molecular flexibility index (Phi) is 6.80. The fourth-order valence-corrected chi connectivity index (χ4v) is 3.63. The Hall–Kier alpha value is -2.53. The van der Waals surface area contributed by atoms with E-state index in [0.29, 0.717) is 30.4 Å². The number of nitrogens with zero attached hydrogens (tertiary/aromatic N) is 1. The van der Waals surface area contributed by atoms with Gasteiger partial charge in [-0.3, -0.25) is 9.59 Å². The lowest BCUT2D eigenvalue weighted by atomic mass is 9.81. The summed E-state index contributed by atoms with van der Waals surface area (Å²) in [5.41, 5.74) is 1.65. The summed E-state index contributed by atoms with van der Waals surface area (Å²) in [6.07, 6.45) is 1.55. The summed E-state index contributed by atoms with van der Waals surface area (Å²) in [5, 5.41) is 3.65. The standard InChI is InChI=1S/C23H27ClN2O3/c1-17-4-6-18(7-5-17)14-25-22(28)23(2)12-3-13-26(16-23)21(27)15-29-20-10-8-19(24)9-11-20/h4-11H,3,12-16H2,1-2H3,(H,25,28). The van der Waals surface area contributed by atoms with E-state index in [9.17, 15) is 9.59 Å². The van der Waals surface area contributed by atoms with Crippen molar-refractivity contribution in [1.82, 2.24) is 10.2 Å². The number of carbonyl (C=O) groups is 2. The molecule has 2 aromatic carbocycles. The van der Waals surface area contributed by atoms with Gasteiger partial charge in [0.05, 0.1) is 5.41 Å². The predicted octanol–water partition coefficient (Wildman–Crippen LogP) is 3.97. The van der Waals surface area contributed by atoms with Crippen LogP contribution in [0.25, 0.3) is 0 Å². The van der Waals surface area contributed by atoms with Crippen molar-refractivity contribution in [2.45, 2.75) is 33.2 Å². The molecule has 2 aromatic rings. The molecular formula is C23H27ClN2O3. The summed E-state index contributed by atoms with van der Waals surface area (Å²) in [6, 6.07) is 15.0. The Morgan fingerprint density at radius 3 is 2.52 bits per heavy atom. The minimum atomic E-state index is -0.598. The maximum atomic E-state index is 12.8. The molecule has 1 saturated heterocycles. The van der Waals surface area contributed by atoms with Gasteiger partial charge in [-0.05, 0) is 56.5 Å². The number of piperidine rings is 1. The molecule has 1 N–H and O–H groups in total. The number of nitrogens with one attached hydrogen (secondary N) is 1. The fourth-order valence-electron chi connectivity index (χ4n) is 3.51. The second kappa shape index (κ2) is 9.31. The highest BCUT2D eigenvalue weighted by atomic mass is 35.5. The highest BCUT2D eigenvalue weighted by Crippen LogP contribution is 2.30. The van der Waals surface area contributed by atoms with Crippen molar-refractivity contribution >= 4 is 23.4 Å². The molecule has 1 atom stereocenters. The van der Waals surface area contributed by atoms with Gasteiger partial charge in [-0.1, -0.05) is 41.4 Å². The van der Waals surface area contributed by atoms with E-state index in [4.69, 9.17) is 16.3 Å². The molecule has 2 amide bonds. The Morgan fingerprint density at radius 1 is 1.14 bits per heavy atom. The highest BCUT2D eigenvalue weighted by Gasteiger charge is 2.39. The van der Waals surface area contributed by atoms with Gasteiger partial charge in [-0.15, -0.1) is 0 Å². The smallest absolute Gasteiger partial charge is 0.260 e. The van der Waals surface area contributed by atoms with Crippen LogP contribution in [0.4, 0.5) is 0 Å². The summed E-state index contributed by atoms with van der Waals surface area (Å²) in [7, 11) is 0. The van der Waals surface area contributed by atoms with Crippen LogP contribution >= 0.6 is 11.6 Å². The van der Waals surface area contributed by atoms with Gasteiger partial charge in [0.1, 0.15) is 5.75 Å². The molecule has 1 fully saturated rings. The van der Waals surface area contributed by atoms with E-state index < -0.39 is 5.41 Å². The summed E-state index contributed by atoms with van der Waals surface area (Å²) in [4.78, 5) is 27.2. The number of hydrogen-bond acceptors (Lipinski definition) is 3. The average Bonchev–Trinajstić information content (AvgIpc) is 2.72. The molecule has 0 saturated carbocycles. The third-order valence-corrected chi connectivity index (χ3v) is 5.60. The van der Waals surface area contributed by atoms with E-state index in [1.54, 1.807) is 29.2 Å². The van der Waals surface area contributed by atoms with Gasteiger partial charge in [-0.25, -0.2) is 0 Å². The number of hydrogen-bond donors (Lipinski definition) is 1. The largest absolute Gasteiger partial charge is 0.484 e. The van der Waals surface area contributed by atoms with Crippen molar-refractivity contribution in [3.8, 4) is 5.75 Å². The van der Waals surface area contributed by atoms with Gasteiger partial charge in [0.25, 0.3) is 5.91 Å². The molecular weight excluding hydrogens is 388 g/mol. The van der Waals surface area contributed by atoms with Crippen LogP contribution in [0.1, 0.15) is 30.9 Å². The van der Waals surface area contributed by atoms with Crippen molar-refractivity contribution < 1.29 is 14.3 Å². The van der Waals surface area contributed by atoms with Gasteiger partial charge >= 0.3 is 0 Å². The zero-order valence-electron chi connectivity index (χ0n) is 16.9. The van der Waals surface area contributed by atoms with Crippen LogP contribution in [-0.4, -0.2) is 36.4 Å². The topological polar surface area (TPSA) is 58.6 Å². The Balaban J connectivity index is 1.53. The fraction of sp³-hybridized carbons (Fsp3) is 0.391. The van der Waals surface area contributed by atoms with E-state index in [1.807, 2.05) is 38.1 Å². The number of halogens is 1. The van der Waals surface area contributed by atoms with Gasteiger partial charge < -0.3 is 15.0 Å². The molecule has 0 radical (unpaired) electrons. The number of ether oxygens (including phenoxy) is 1. The first-order chi connectivity index (χ1) is 13.9. The van der Waals surface area contributed by atoms with E-state index in [0.717, 1.165) is 18.4 Å². The first kappa shape index (κ1) is 21.2. The lowest BCUT2D eigenvalue weighted by Crippen LogP contribution is -2.52. The van der Waals surface area contributed by atoms with Crippen LogP contribution in [0.5, 0.6) is 5.75 Å². The van der Waals surface area contributed by atoms with Crippen LogP contribution in [0, 0.1) is 12.3 Å². The van der Waals surface area contributed by atoms with E-state index in [2.05, 4.69) is 5.32 Å². The number of aryl methyl sites for hydroxylation is 1. The second-order valence-electron chi connectivity index (χ2n) is 7.89. The van der Waals surface area contributed by atoms with Crippen LogP contribution in [-0.2, 0) is 16.1 Å². The Labute approximate surface area is 177 Å². The highest BCUT2D eigenvalue weighted by molar-refractivity contribution is 6.30. The molecule has 1 aliphatic rings. The summed E-state index contributed by atoms with van der Waals surface area (Å²) in [5.74, 6) is 0.463. The van der Waals surface area contributed by atoms with E-state index in [1.165, 1.54) is 5.56 Å². The zero-order chi connectivity index (χ0) is 20.9. The summed E-state index contributed by atoms with van der Waals surface area (Å²) < 4.78 is 5.57. The number of benzene rings is 2. The lowest BCUT2D eigenvalue weighted by Gasteiger charge is -2.39. The number of carbonyl (C=O) groups excluding carboxylic acids is 2. The molecule has 3 rings (SSSR count). The molecule has 0 aromatic heterocycles.